The first-order valence-electron chi connectivity index (χ1n) is 6.50. The molecule has 0 amide bonds. The van der Waals surface area contributed by atoms with E-state index in [0.717, 1.165) is 12.8 Å². The Morgan fingerprint density at radius 1 is 1.60 bits per heavy atom. The molecule has 3 N–H and O–H groups in total. The van der Waals surface area contributed by atoms with E-state index in [4.69, 9.17) is 10.6 Å². The minimum absolute atomic E-state index is 0.112. The van der Waals surface area contributed by atoms with Crippen LogP contribution in [0.3, 0.4) is 0 Å². The van der Waals surface area contributed by atoms with Crippen LogP contribution in [0.15, 0.2) is 23.2 Å². The predicted molar refractivity (Wildman–Crippen MR) is 75.4 cm³/mol. The summed E-state index contributed by atoms with van der Waals surface area (Å²) in [5.41, 5.74) is 2.34. The Bertz CT molecular complexity index is 547. The van der Waals surface area contributed by atoms with Crippen LogP contribution in [0.1, 0.15) is 12.8 Å². The summed E-state index contributed by atoms with van der Waals surface area (Å²) in [4.78, 5) is 4.06. The molecule has 20 heavy (non-hydrogen) atoms. The van der Waals surface area contributed by atoms with Gasteiger partial charge in [0, 0.05) is 26.4 Å². The number of methoxy groups -OCH3 is 1. The quantitative estimate of drug-likeness (QED) is 0.604. The minimum Gasteiger partial charge on any atom is -0.384 e. The second-order valence-corrected chi connectivity index (χ2v) is 6.73. The molecular formula is C12H20N4O3S. The molecule has 1 saturated heterocycles. The Morgan fingerprint density at radius 3 is 3.10 bits per heavy atom. The van der Waals surface area contributed by atoms with Gasteiger partial charge in [0.15, 0.2) is 5.82 Å². The smallest absolute Gasteiger partial charge is 0.246 e. The van der Waals surface area contributed by atoms with Gasteiger partial charge in [0.1, 0.15) is 4.90 Å². The Balaban J connectivity index is 2.25. The number of rotatable bonds is 5. The number of piperidine rings is 1. The molecule has 1 aliphatic rings. The molecule has 1 atom stereocenters. The van der Waals surface area contributed by atoms with Crippen LogP contribution in [0.5, 0.6) is 0 Å². The fourth-order valence-corrected chi connectivity index (χ4v) is 4.12. The highest BCUT2D eigenvalue weighted by molar-refractivity contribution is 7.89. The number of pyridine rings is 1. The van der Waals surface area contributed by atoms with Crippen molar-refractivity contribution in [3.8, 4) is 0 Å². The molecule has 0 aliphatic carbocycles. The number of hydrazine groups is 1. The number of nitrogens with zero attached hydrogens (tertiary/aromatic N) is 2. The Labute approximate surface area is 119 Å². The summed E-state index contributed by atoms with van der Waals surface area (Å²) in [6, 6.07) is 3.10. The molecule has 7 nitrogen and oxygen atoms in total. The zero-order chi connectivity index (χ0) is 14.6. The van der Waals surface area contributed by atoms with Gasteiger partial charge in [-0.05, 0) is 30.9 Å². The van der Waals surface area contributed by atoms with E-state index in [1.807, 2.05) is 0 Å². The third-order valence-electron chi connectivity index (χ3n) is 3.41. The average molecular weight is 300 g/mol. The number of aromatic nitrogens is 1. The number of nitrogen functional groups attached to an aromatic ring is 1. The summed E-state index contributed by atoms with van der Waals surface area (Å²) < 4.78 is 31.9. The average Bonchev–Trinajstić information content (AvgIpc) is 2.48. The van der Waals surface area contributed by atoms with Crippen molar-refractivity contribution in [2.45, 2.75) is 17.7 Å². The van der Waals surface area contributed by atoms with E-state index in [1.165, 1.54) is 16.6 Å². The topological polar surface area (TPSA) is 97.5 Å². The summed E-state index contributed by atoms with van der Waals surface area (Å²) in [6.07, 6.45) is 3.31. The van der Waals surface area contributed by atoms with Crippen LogP contribution in [-0.4, -0.2) is 44.5 Å². The van der Waals surface area contributed by atoms with E-state index in [9.17, 15) is 8.42 Å². The zero-order valence-electron chi connectivity index (χ0n) is 11.4. The van der Waals surface area contributed by atoms with Gasteiger partial charge in [0.2, 0.25) is 10.0 Å². The molecule has 1 aliphatic heterocycles. The first-order chi connectivity index (χ1) is 9.59. The van der Waals surface area contributed by atoms with E-state index in [1.54, 1.807) is 13.2 Å². The lowest BCUT2D eigenvalue weighted by atomic mass is 10.0. The molecule has 1 aromatic heterocycles. The number of hydrogen-bond acceptors (Lipinski definition) is 6. The van der Waals surface area contributed by atoms with Crippen molar-refractivity contribution in [2.75, 3.05) is 32.2 Å². The maximum Gasteiger partial charge on any atom is 0.246 e. The lowest BCUT2D eigenvalue weighted by Crippen LogP contribution is -2.41. The Kier molecular flexibility index (Phi) is 4.92. The van der Waals surface area contributed by atoms with Crippen molar-refractivity contribution >= 4 is 15.8 Å². The summed E-state index contributed by atoms with van der Waals surface area (Å²) in [5.74, 6) is 5.74. The van der Waals surface area contributed by atoms with Crippen LogP contribution in [0, 0.1) is 5.92 Å². The normalized spacial score (nSPS) is 20.8. The maximum absolute atomic E-state index is 12.7. The highest BCUT2D eigenvalue weighted by Gasteiger charge is 2.32. The summed E-state index contributed by atoms with van der Waals surface area (Å²) in [6.45, 7) is 1.55. The molecule has 1 unspecified atom stereocenters. The molecule has 0 spiro atoms. The number of sulfonamides is 1. The van der Waals surface area contributed by atoms with Crippen molar-refractivity contribution in [1.29, 1.82) is 0 Å². The van der Waals surface area contributed by atoms with Crippen molar-refractivity contribution in [1.82, 2.24) is 9.29 Å². The molecular weight excluding hydrogens is 280 g/mol. The van der Waals surface area contributed by atoms with Gasteiger partial charge >= 0.3 is 0 Å². The van der Waals surface area contributed by atoms with Crippen LogP contribution < -0.4 is 11.3 Å². The number of ether oxygens (including phenoxy) is 1. The summed E-state index contributed by atoms with van der Waals surface area (Å²) in [7, 11) is -1.95. The van der Waals surface area contributed by atoms with Crippen LogP contribution in [-0.2, 0) is 14.8 Å². The molecule has 0 saturated carbocycles. The zero-order valence-corrected chi connectivity index (χ0v) is 12.3. The largest absolute Gasteiger partial charge is 0.384 e. The molecule has 2 rings (SSSR count). The standard InChI is InChI=1S/C12H20N4O3S/c1-19-9-10-4-3-7-16(8-10)20(17,18)11-5-2-6-14-12(11)15-13/h2,5-6,10H,3-4,7-9,13H2,1H3,(H,14,15). The number of nitrogens with one attached hydrogen (secondary N) is 1. The van der Waals surface area contributed by atoms with Crippen LogP contribution >= 0.6 is 0 Å². The maximum atomic E-state index is 12.7. The Hall–Kier alpha value is -1.22. The second-order valence-electron chi connectivity index (χ2n) is 4.82. The lowest BCUT2D eigenvalue weighted by molar-refractivity contribution is 0.118. The van der Waals surface area contributed by atoms with Gasteiger partial charge in [-0.1, -0.05) is 0 Å². The summed E-state index contributed by atoms with van der Waals surface area (Å²) in [5, 5.41) is 0. The van der Waals surface area contributed by atoms with Gasteiger partial charge in [-0.25, -0.2) is 19.2 Å². The van der Waals surface area contributed by atoms with E-state index in [-0.39, 0.29) is 16.6 Å². The van der Waals surface area contributed by atoms with Crippen molar-refractivity contribution in [2.24, 2.45) is 11.8 Å². The fraction of sp³-hybridized carbons (Fsp3) is 0.583. The third kappa shape index (κ3) is 3.09. The molecule has 1 fully saturated rings. The number of nitrogens with two attached hydrogens (primary N) is 1. The van der Waals surface area contributed by atoms with Crippen molar-refractivity contribution in [3.05, 3.63) is 18.3 Å². The number of anilines is 1. The van der Waals surface area contributed by atoms with Crippen LogP contribution in [0.2, 0.25) is 0 Å². The van der Waals surface area contributed by atoms with E-state index in [2.05, 4.69) is 10.4 Å². The van der Waals surface area contributed by atoms with E-state index in [0.29, 0.717) is 19.7 Å². The highest BCUT2D eigenvalue weighted by atomic mass is 32.2. The number of hydrogen-bond donors (Lipinski definition) is 2. The molecule has 8 heteroatoms. The third-order valence-corrected chi connectivity index (χ3v) is 5.31. The SMILES string of the molecule is COCC1CCCN(S(=O)(=O)c2cccnc2NN)C1. The second kappa shape index (κ2) is 6.49. The molecule has 2 heterocycles. The monoisotopic (exact) mass is 300 g/mol. The predicted octanol–water partition coefficient (Wildman–Crippen LogP) is 0.414. The van der Waals surface area contributed by atoms with Gasteiger partial charge in [-0.15, -0.1) is 0 Å². The lowest BCUT2D eigenvalue weighted by Gasteiger charge is -2.31. The molecule has 1 aromatic rings. The van der Waals surface area contributed by atoms with Gasteiger partial charge in [-0.3, -0.25) is 0 Å². The first-order valence-corrected chi connectivity index (χ1v) is 7.94. The Morgan fingerprint density at radius 2 is 2.40 bits per heavy atom. The van der Waals surface area contributed by atoms with Crippen molar-refractivity contribution in [3.63, 3.8) is 0 Å². The van der Waals surface area contributed by atoms with E-state index < -0.39 is 10.0 Å². The first kappa shape index (κ1) is 15.2. The molecule has 0 radical (unpaired) electrons. The molecule has 0 aromatic carbocycles. The van der Waals surface area contributed by atoms with Crippen LogP contribution in [0.25, 0.3) is 0 Å². The van der Waals surface area contributed by atoms with Gasteiger partial charge in [0.25, 0.3) is 0 Å². The summed E-state index contributed by atoms with van der Waals surface area (Å²) >= 11 is 0. The van der Waals surface area contributed by atoms with Gasteiger partial charge < -0.3 is 10.2 Å². The van der Waals surface area contributed by atoms with Crippen LogP contribution in [0.4, 0.5) is 5.82 Å². The van der Waals surface area contributed by atoms with Gasteiger partial charge in [-0.2, -0.15) is 4.31 Å². The van der Waals surface area contributed by atoms with E-state index >= 15 is 0 Å². The van der Waals surface area contributed by atoms with Gasteiger partial charge in [0.05, 0.1) is 6.61 Å². The minimum atomic E-state index is -3.58. The highest BCUT2D eigenvalue weighted by Crippen LogP contribution is 2.26. The molecule has 112 valence electrons. The van der Waals surface area contributed by atoms with Crippen molar-refractivity contribution < 1.29 is 13.2 Å². The molecule has 0 bridgehead atoms. The fourth-order valence-electron chi connectivity index (χ4n) is 2.46.